The Bertz CT molecular complexity index is 414. The number of amides is 1. The van der Waals surface area contributed by atoms with Crippen LogP contribution in [-0.2, 0) is 0 Å². The van der Waals surface area contributed by atoms with Gasteiger partial charge in [-0.2, -0.15) is 0 Å². The predicted octanol–water partition coefficient (Wildman–Crippen LogP) is 0.792. The first-order valence-corrected chi connectivity index (χ1v) is 6.34. The smallest absolute Gasteiger partial charge is 0.251 e. The van der Waals surface area contributed by atoms with Crippen LogP contribution in [0.25, 0.3) is 0 Å². The third kappa shape index (κ3) is 3.20. The normalized spacial score (nSPS) is 16.7. The first-order chi connectivity index (χ1) is 8.66. The summed E-state index contributed by atoms with van der Waals surface area (Å²) in [6.45, 7) is 3.92. The van der Waals surface area contributed by atoms with Crippen LogP contribution in [0.3, 0.4) is 0 Å². The molecule has 1 fully saturated rings. The fourth-order valence-corrected chi connectivity index (χ4v) is 2.02. The van der Waals surface area contributed by atoms with Crippen LogP contribution < -0.4 is 10.2 Å². The third-order valence-electron chi connectivity index (χ3n) is 3.00. The van der Waals surface area contributed by atoms with Crippen LogP contribution in [0.2, 0.25) is 0 Å². The van der Waals surface area contributed by atoms with Crippen molar-refractivity contribution in [3.05, 3.63) is 23.9 Å². The number of aliphatic hydroxyl groups is 1. The lowest BCUT2D eigenvalue weighted by Crippen LogP contribution is -2.30. The number of pyridine rings is 1. The molecule has 1 saturated heterocycles. The Kier molecular flexibility index (Phi) is 4.15. The van der Waals surface area contributed by atoms with Gasteiger partial charge in [0.1, 0.15) is 5.82 Å². The minimum absolute atomic E-state index is 0.168. The Morgan fingerprint density at radius 1 is 1.56 bits per heavy atom. The number of nitrogens with zero attached hydrogens (tertiary/aromatic N) is 2. The maximum absolute atomic E-state index is 11.8. The summed E-state index contributed by atoms with van der Waals surface area (Å²) in [4.78, 5) is 18.3. The van der Waals surface area contributed by atoms with Gasteiger partial charge in [0.15, 0.2) is 0 Å². The molecule has 2 rings (SSSR count). The molecule has 1 aromatic heterocycles. The summed E-state index contributed by atoms with van der Waals surface area (Å²) in [6, 6.07) is 3.50. The molecule has 0 bridgehead atoms. The van der Waals surface area contributed by atoms with E-state index in [1.807, 2.05) is 6.07 Å². The molecule has 5 nitrogen and oxygen atoms in total. The van der Waals surface area contributed by atoms with E-state index in [1.165, 1.54) is 12.8 Å². The zero-order valence-corrected chi connectivity index (χ0v) is 10.6. The Labute approximate surface area is 107 Å². The minimum Gasteiger partial charge on any atom is -0.392 e. The number of carbonyl (C=O) groups is 1. The van der Waals surface area contributed by atoms with Gasteiger partial charge >= 0.3 is 0 Å². The molecule has 98 valence electrons. The minimum atomic E-state index is -0.533. The largest absolute Gasteiger partial charge is 0.392 e. The SMILES string of the molecule is CC(O)CNC(=O)c1ccnc(N2CCCC2)c1. The molecule has 1 aliphatic heterocycles. The lowest BCUT2D eigenvalue weighted by Gasteiger charge is -2.16. The fraction of sp³-hybridized carbons (Fsp3) is 0.538. The summed E-state index contributed by atoms with van der Waals surface area (Å²) in [7, 11) is 0. The highest BCUT2D eigenvalue weighted by Gasteiger charge is 2.15. The van der Waals surface area contributed by atoms with Gasteiger partial charge in [0.05, 0.1) is 6.10 Å². The van der Waals surface area contributed by atoms with E-state index in [0.717, 1.165) is 18.9 Å². The zero-order chi connectivity index (χ0) is 13.0. The summed E-state index contributed by atoms with van der Waals surface area (Å²) in [5.74, 6) is 0.691. The van der Waals surface area contributed by atoms with Gasteiger partial charge in [-0.15, -0.1) is 0 Å². The van der Waals surface area contributed by atoms with Crippen molar-refractivity contribution < 1.29 is 9.90 Å². The van der Waals surface area contributed by atoms with Crippen molar-refractivity contribution in [2.75, 3.05) is 24.5 Å². The van der Waals surface area contributed by atoms with Crippen LogP contribution in [0.15, 0.2) is 18.3 Å². The first-order valence-electron chi connectivity index (χ1n) is 6.34. The topological polar surface area (TPSA) is 65.5 Å². The maximum atomic E-state index is 11.8. The molecule has 0 saturated carbocycles. The number of rotatable bonds is 4. The molecule has 0 spiro atoms. The van der Waals surface area contributed by atoms with Crippen molar-refractivity contribution in [1.82, 2.24) is 10.3 Å². The van der Waals surface area contributed by atoms with Gasteiger partial charge in [-0.1, -0.05) is 0 Å². The van der Waals surface area contributed by atoms with E-state index in [-0.39, 0.29) is 12.5 Å². The van der Waals surface area contributed by atoms with Crippen molar-refractivity contribution in [2.24, 2.45) is 0 Å². The number of carbonyl (C=O) groups excluding carboxylic acids is 1. The summed E-state index contributed by atoms with van der Waals surface area (Å²) < 4.78 is 0. The van der Waals surface area contributed by atoms with Gasteiger partial charge in [0.25, 0.3) is 5.91 Å². The number of nitrogens with one attached hydrogen (secondary N) is 1. The number of aromatic nitrogens is 1. The second-order valence-electron chi connectivity index (χ2n) is 4.66. The Balaban J connectivity index is 2.04. The van der Waals surface area contributed by atoms with Gasteiger partial charge in [0.2, 0.25) is 0 Å². The van der Waals surface area contributed by atoms with E-state index in [4.69, 9.17) is 5.11 Å². The van der Waals surface area contributed by atoms with Crippen LogP contribution in [-0.4, -0.2) is 41.7 Å². The molecule has 1 aliphatic rings. The second kappa shape index (κ2) is 5.82. The van der Waals surface area contributed by atoms with Gasteiger partial charge < -0.3 is 15.3 Å². The standard InChI is InChI=1S/C13H19N3O2/c1-10(17)9-15-13(18)11-4-5-14-12(8-11)16-6-2-3-7-16/h4-5,8,10,17H,2-3,6-7,9H2,1H3,(H,15,18). The molecule has 1 unspecified atom stereocenters. The molecule has 0 aromatic carbocycles. The summed E-state index contributed by atoms with van der Waals surface area (Å²) in [5.41, 5.74) is 0.590. The van der Waals surface area contributed by atoms with Gasteiger partial charge in [-0.25, -0.2) is 4.98 Å². The number of aliphatic hydroxyl groups excluding tert-OH is 1. The van der Waals surface area contributed by atoms with E-state index in [1.54, 1.807) is 19.2 Å². The van der Waals surface area contributed by atoms with Crippen LogP contribution >= 0.6 is 0 Å². The van der Waals surface area contributed by atoms with E-state index in [2.05, 4.69) is 15.2 Å². The molecule has 0 radical (unpaired) electrons. The van der Waals surface area contributed by atoms with Crippen LogP contribution in [0.4, 0.5) is 5.82 Å². The van der Waals surface area contributed by atoms with E-state index >= 15 is 0 Å². The van der Waals surface area contributed by atoms with Crippen LogP contribution in [0.1, 0.15) is 30.1 Å². The average Bonchev–Trinajstić information content (AvgIpc) is 2.90. The monoisotopic (exact) mass is 249 g/mol. The zero-order valence-electron chi connectivity index (χ0n) is 10.6. The van der Waals surface area contributed by atoms with Crippen molar-refractivity contribution in [2.45, 2.75) is 25.9 Å². The number of hydrogen-bond donors (Lipinski definition) is 2. The molecule has 1 aromatic rings. The second-order valence-corrected chi connectivity index (χ2v) is 4.66. The third-order valence-corrected chi connectivity index (χ3v) is 3.00. The highest BCUT2D eigenvalue weighted by molar-refractivity contribution is 5.94. The summed E-state index contributed by atoms with van der Waals surface area (Å²) in [6.07, 6.45) is 3.49. The highest BCUT2D eigenvalue weighted by atomic mass is 16.3. The fourth-order valence-electron chi connectivity index (χ4n) is 2.02. The Morgan fingerprint density at radius 3 is 2.94 bits per heavy atom. The Hall–Kier alpha value is -1.62. The lowest BCUT2D eigenvalue weighted by molar-refractivity contribution is 0.0924. The van der Waals surface area contributed by atoms with Crippen molar-refractivity contribution in [3.8, 4) is 0 Å². The molecule has 2 N–H and O–H groups in total. The molecule has 1 atom stereocenters. The summed E-state index contributed by atoms with van der Waals surface area (Å²) >= 11 is 0. The maximum Gasteiger partial charge on any atom is 0.251 e. The lowest BCUT2D eigenvalue weighted by atomic mass is 10.2. The molecule has 1 amide bonds. The summed E-state index contributed by atoms with van der Waals surface area (Å²) in [5, 5.41) is 11.8. The first kappa shape index (κ1) is 12.8. The van der Waals surface area contributed by atoms with Crippen LogP contribution in [0, 0.1) is 0 Å². The van der Waals surface area contributed by atoms with Crippen molar-refractivity contribution in [1.29, 1.82) is 0 Å². The van der Waals surface area contributed by atoms with Crippen molar-refractivity contribution >= 4 is 11.7 Å². The molecular formula is C13H19N3O2. The molecule has 0 aliphatic carbocycles. The molecular weight excluding hydrogens is 230 g/mol. The van der Waals surface area contributed by atoms with Crippen LogP contribution in [0.5, 0.6) is 0 Å². The molecule has 2 heterocycles. The number of hydrogen-bond acceptors (Lipinski definition) is 4. The molecule has 5 heteroatoms. The van der Waals surface area contributed by atoms with Gasteiger partial charge in [-0.05, 0) is 31.9 Å². The average molecular weight is 249 g/mol. The van der Waals surface area contributed by atoms with Gasteiger partial charge in [-0.3, -0.25) is 4.79 Å². The van der Waals surface area contributed by atoms with E-state index in [9.17, 15) is 4.79 Å². The highest BCUT2D eigenvalue weighted by Crippen LogP contribution is 2.18. The quantitative estimate of drug-likeness (QED) is 0.828. The number of anilines is 1. The van der Waals surface area contributed by atoms with E-state index in [0.29, 0.717) is 5.56 Å². The molecule has 18 heavy (non-hydrogen) atoms. The van der Waals surface area contributed by atoms with Gasteiger partial charge in [0, 0.05) is 31.4 Å². The predicted molar refractivity (Wildman–Crippen MR) is 69.7 cm³/mol. The van der Waals surface area contributed by atoms with E-state index < -0.39 is 6.10 Å². The Morgan fingerprint density at radius 2 is 2.28 bits per heavy atom. The van der Waals surface area contributed by atoms with Crippen molar-refractivity contribution in [3.63, 3.8) is 0 Å².